The van der Waals surface area contributed by atoms with Crippen LogP contribution in [0.5, 0.6) is 0 Å². The first-order chi connectivity index (χ1) is 9.63. The second-order valence-electron chi connectivity index (χ2n) is 5.92. The highest BCUT2D eigenvalue weighted by Crippen LogP contribution is 2.23. The Hall–Kier alpha value is -1.27. The topological polar surface area (TPSA) is 61.4 Å². The lowest BCUT2D eigenvalue weighted by atomic mass is 10.2. The molecule has 5 nitrogen and oxygen atoms in total. The lowest BCUT2D eigenvalue weighted by Crippen LogP contribution is -2.37. The average molecular weight is 313 g/mol. The van der Waals surface area contributed by atoms with Crippen LogP contribution < -0.4 is 14.9 Å². The zero-order valence-electron chi connectivity index (χ0n) is 13.8. The Morgan fingerprint density at radius 1 is 1.19 bits per heavy atom. The quantitative estimate of drug-likeness (QED) is 0.810. The molecule has 1 unspecified atom stereocenters. The van der Waals surface area contributed by atoms with Gasteiger partial charge in [-0.15, -0.1) is 0 Å². The van der Waals surface area contributed by atoms with Gasteiger partial charge in [0.1, 0.15) is 0 Å². The molecule has 0 aromatic heterocycles. The summed E-state index contributed by atoms with van der Waals surface area (Å²) in [6.07, 6.45) is 0. The van der Waals surface area contributed by atoms with Gasteiger partial charge in [-0.25, -0.2) is 8.42 Å². The average Bonchev–Trinajstić information content (AvgIpc) is 2.37. The third-order valence-corrected chi connectivity index (χ3v) is 5.04. The fourth-order valence-corrected chi connectivity index (χ4v) is 2.90. The molecule has 2 N–H and O–H groups in total. The minimum atomic E-state index is -3.40. The van der Waals surface area contributed by atoms with Gasteiger partial charge in [0.05, 0.1) is 10.9 Å². The molecule has 0 spiro atoms. The first kappa shape index (κ1) is 17.8. The van der Waals surface area contributed by atoms with E-state index >= 15 is 0 Å². The van der Waals surface area contributed by atoms with E-state index < -0.39 is 15.3 Å². The normalized spacial score (nSPS) is 13.3. The minimum absolute atomic E-state index is 0.266. The van der Waals surface area contributed by atoms with Crippen LogP contribution in [0, 0.1) is 6.92 Å². The first-order valence-electron chi connectivity index (χ1n) is 7.16. The molecule has 21 heavy (non-hydrogen) atoms. The highest BCUT2D eigenvalue weighted by molar-refractivity contribution is 7.93. The van der Waals surface area contributed by atoms with Crippen molar-refractivity contribution in [2.24, 2.45) is 0 Å². The van der Waals surface area contributed by atoms with E-state index in [2.05, 4.69) is 10.0 Å². The van der Waals surface area contributed by atoms with Crippen LogP contribution in [-0.2, 0) is 10.0 Å². The molecule has 1 atom stereocenters. The van der Waals surface area contributed by atoms with Gasteiger partial charge in [-0.05, 0) is 31.5 Å². The van der Waals surface area contributed by atoms with Crippen molar-refractivity contribution in [1.82, 2.24) is 5.32 Å². The minimum Gasteiger partial charge on any atom is -0.377 e. The second kappa shape index (κ2) is 7.13. The van der Waals surface area contributed by atoms with E-state index in [0.717, 1.165) is 11.3 Å². The summed E-state index contributed by atoms with van der Waals surface area (Å²) < 4.78 is 27.3. The van der Waals surface area contributed by atoms with Crippen molar-refractivity contribution < 1.29 is 8.42 Å². The Bertz CT molecular complexity index is 568. The molecule has 0 bridgehead atoms. The molecule has 0 aliphatic carbocycles. The van der Waals surface area contributed by atoms with Gasteiger partial charge in [-0.1, -0.05) is 19.9 Å². The molecule has 0 aliphatic rings. The molecule has 1 rings (SSSR count). The van der Waals surface area contributed by atoms with Gasteiger partial charge in [0.15, 0.2) is 0 Å². The molecule has 0 heterocycles. The Morgan fingerprint density at radius 2 is 1.81 bits per heavy atom. The number of hydrogen-bond donors (Lipinski definition) is 2. The summed E-state index contributed by atoms with van der Waals surface area (Å²) in [5.74, 6) is 0. The first-order valence-corrected chi connectivity index (χ1v) is 8.71. The maximum Gasteiger partial charge on any atom is 0.236 e. The SMILES string of the molecule is Cc1ccc(NS(=O)(=O)C(C)CNC(C)C)cc1N(C)C. The lowest BCUT2D eigenvalue weighted by Gasteiger charge is -2.20. The van der Waals surface area contributed by atoms with Crippen molar-refractivity contribution in [2.45, 2.75) is 39.0 Å². The van der Waals surface area contributed by atoms with Crippen molar-refractivity contribution in [1.29, 1.82) is 0 Å². The fourth-order valence-electron chi connectivity index (χ4n) is 1.93. The number of anilines is 2. The Kier molecular flexibility index (Phi) is 6.04. The summed E-state index contributed by atoms with van der Waals surface area (Å²) in [6, 6.07) is 5.84. The molecular weight excluding hydrogens is 286 g/mol. The summed E-state index contributed by atoms with van der Waals surface area (Å²) in [7, 11) is 0.485. The van der Waals surface area contributed by atoms with Gasteiger partial charge in [0.25, 0.3) is 0 Å². The summed E-state index contributed by atoms with van der Waals surface area (Å²) in [4.78, 5) is 1.97. The van der Waals surface area contributed by atoms with Crippen LogP contribution in [0.15, 0.2) is 18.2 Å². The number of benzene rings is 1. The third-order valence-electron chi connectivity index (χ3n) is 3.29. The van der Waals surface area contributed by atoms with E-state index in [-0.39, 0.29) is 6.04 Å². The van der Waals surface area contributed by atoms with Crippen LogP contribution in [0.25, 0.3) is 0 Å². The molecular formula is C15H27N3O2S. The zero-order valence-corrected chi connectivity index (χ0v) is 14.6. The van der Waals surface area contributed by atoms with Crippen LogP contribution in [0.3, 0.4) is 0 Å². The molecule has 1 aromatic rings. The number of aryl methyl sites for hydroxylation is 1. The van der Waals surface area contributed by atoms with Gasteiger partial charge in [0.2, 0.25) is 10.0 Å². The zero-order chi connectivity index (χ0) is 16.2. The predicted molar refractivity (Wildman–Crippen MR) is 90.6 cm³/mol. The van der Waals surface area contributed by atoms with E-state index in [1.165, 1.54) is 0 Å². The van der Waals surface area contributed by atoms with Crippen LogP contribution in [-0.4, -0.2) is 40.3 Å². The van der Waals surface area contributed by atoms with Crippen LogP contribution >= 0.6 is 0 Å². The van der Waals surface area contributed by atoms with Crippen LogP contribution in [0.4, 0.5) is 11.4 Å². The number of rotatable bonds is 7. The maximum atomic E-state index is 12.3. The van der Waals surface area contributed by atoms with Crippen molar-refractivity contribution in [3.8, 4) is 0 Å². The monoisotopic (exact) mass is 313 g/mol. The number of nitrogens with one attached hydrogen (secondary N) is 2. The molecule has 0 amide bonds. The summed E-state index contributed by atoms with van der Waals surface area (Å²) in [5.41, 5.74) is 2.71. The Balaban J connectivity index is 2.86. The predicted octanol–water partition coefficient (Wildman–Crippen LogP) is 2.19. The van der Waals surface area contributed by atoms with Crippen LogP contribution in [0.2, 0.25) is 0 Å². The van der Waals surface area contributed by atoms with E-state index in [0.29, 0.717) is 12.2 Å². The van der Waals surface area contributed by atoms with Gasteiger partial charge < -0.3 is 10.2 Å². The maximum absolute atomic E-state index is 12.3. The molecule has 120 valence electrons. The van der Waals surface area contributed by atoms with Gasteiger partial charge >= 0.3 is 0 Å². The largest absolute Gasteiger partial charge is 0.377 e. The Morgan fingerprint density at radius 3 is 2.33 bits per heavy atom. The standard InChI is InChI=1S/C15H27N3O2S/c1-11(2)16-10-13(4)21(19,20)17-14-8-7-12(3)15(9-14)18(5)6/h7-9,11,13,16-17H,10H2,1-6H3. The highest BCUT2D eigenvalue weighted by Gasteiger charge is 2.21. The molecule has 6 heteroatoms. The van der Waals surface area contributed by atoms with E-state index in [4.69, 9.17) is 0 Å². The van der Waals surface area contributed by atoms with E-state index in [1.54, 1.807) is 13.0 Å². The second-order valence-corrected chi connectivity index (χ2v) is 8.02. The number of nitrogens with zero attached hydrogens (tertiary/aromatic N) is 1. The summed E-state index contributed by atoms with van der Waals surface area (Å²) in [5, 5.41) is 2.65. The van der Waals surface area contributed by atoms with E-state index in [1.807, 2.05) is 51.9 Å². The lowest BCUT2D eigenvalue weighted by molar-refractivity contribution is 0.553. The molecule has 0 radical (unpaired) electrons. The molecule has 1 aromatic carbocycles. The Labute approximate surface area is 128 Å². The third kappa shape index (κ3) is 5.21. The van der Waals surface area contributed by atoms with Crippen LogP contribution in [0.1, 0.15) is 26.3 Å². The number of sulfonamides is 1. The van der Waals surface area contributed by atoms with E-state index in [9.17, 15) is 8.42 Å². The van der Waals surface area contributed by atoms with Crippen molar-refractivity contribution in [2.75, 3.05) is 30.3 Å². The van der Waals surface area contributed by atoms with Crippen molar-refractivity contribution >= 4 is 21.4 Å². The van der Waals surface area contributed by atoms with Gasteiger partial charge in [-0.3, -0.25) is 4.72 Å². The molecule has 0 aliphatic heterocycles. The van der Waals surface area contributed by atoms with Gasteiger partial charge in [0, 0.05) is 32.4 Å². The van der Waals surface area contributed by atoms with Crippen molar-refractivity contribution in [3.05, 3.63) is 23.8 Å². The highest BCUT2D eigenvalue weighted by atomic mass is 32.2. The van der Waals surface area contributed by atoms with Gasteiger partial charge in [-0.2, -0.15) is 0 Å². The van der Waals surface area contributed by atoms with Crippen molar-refractivity contribution in [3.63, 3.8) is 0 Å². The smallest absolute Gasteiger partial charge is 0.236 e. The number of hydrogen-bond acceptors (Lipinski definition) is 4. The summed E-state index contributed by atoms with van der Waals surface area (Å²) in [6.45, 7) is 8.13. The molecule has 0 saturated carbocycles. The fraction of sp³-hybridized carbons (Fsp3) is 0.600. The summed E-state index contributed by atoms with van der Waals surface area (Å²) >= 11 is 0. The molecule has 0 fully saturated rings. The molecule has 0 saturated heterocycles.